The molecule has 4 aliphatic rings. The van der Waals surface area contributed by atoms with Gasteiger partial charge in [0.1, 0.15) is 18.7 Å². The van der Waals surface area contributed by atoms with Crippen molar-refractivity contribution >= 4 is 52.1 Å². The topological polar surface area (TPSA) is 215 Å². The Morgan fingerprint density at radius 2 is 1.70 bits per heavy atom. The Morgan fingerprint density at radius 1 is 0.946 bits per heavy atom. The van der Waals surface area contributed by atoms with Crippen molar-refractivity contribution in [3.63, 3.8) is 0 Å². The molecule has 0 unspecified atom stereocenters. The number of nitrogens with zero attached hydrogens (tertiary/aromatic N) is 3. The van der Waals surface area contributed by atoms with E-state index >= 15 is 0 Å². The van der Waals surface area contributed by atoms with Gasteiger partial charge in [-0.2, -0.15) is 0 Å². The number of carbonyl (C=O) groups excluding carboxylic acids is 6. The molecular weight excluding hydrogens is 724 g/mol. The van der Waals surface area contributed by atoms with Crippen molar-refractivity contribution in [2.45, 2.75) is 97.1 Å². The Hall–Kier alpha value is -5.90. The summed E-state index contributed by atoms with van der Waals surface area (Å²) in [6.45, 7) is 7.34. The molecular formula is C40H44N6O10. The van der Waals surface area contributed by atoms with Gasteiger partial charge in [-0.05, 0) is 55.9 Å². The predicted molar refractivity (Wildman–Crippen MR) is 201 cm³/mol. The van der Waals surface area contributed by atoms with Crippen LogP contribution in [-0.4, -0.2) is 80.3 Å². The first-order valence-electron chi connectivity index (χ1n) is 19.0. The fourth-order valence-electron chi connectivity index (χ4n) is 7.79. The Labute approximate surface area is 321 Å². The number of ether oxygens (including phenoxy) is 2. The normalized spacial score (nSPS) is 18.9. The van der Waals surface area contributed by atoms with E-state index in [-0.39, 0.29) is 72.9 Å². The summed E-state index contributed by atoms with van der Waals surface area (Å²) < 4.78 is 12.9. The minimum atomic E-state index is -1.94. The average Bonchev–Trinajstić information content (AvgIpc) is 3.71. The smallest absolute Gasteiger partial charge is 0.343 e. The molecule has 0 saturated carbocycles. The number of pyridine rings is 2. The molecule has 7 rings (SSSR count). The van der Waals surface area contributed by atoms with Crippen LogP contribution in [0.5, 0.6) is 5.75 Å². The highest BCUT2D eigenvalue weighted by Crippen LogP contribution is 2.45. The maximum Gasteiger partial charge on any atom is 0.343 e. The van der Waals surface area contributed by atoms with Gasteiger partial charge in [-0.3, -0.25) is 33.7 Å². The summed E-state index contributed by atoms with van der Waals surface area (Å²) in [7, 11) is 0. The number of aliphatic hydroxyl groups is 1. The van der Waals surface area contributed by atoms with Crippen molar-refractivity contribution < 1.29 is 43.3 Å². The highest BCUT2D eigenvalue weighted by molar-refractivity contribution is 6.12. The van der Waals surface area contributed by atoms with Crippen LogP contribution in [0, 0.1) is 5.92 Å². The van der Waals surface area contributed by atoms with E-state index in [4.69, 9.17) is 14.5 Å². The maximum atomic E-state index is 13.7. The van der Waals surface area contributed by atoms with Gasteiger partial charge in [-0.15, -0.1) is 0 Å². The lowest BCUT2D eigenvalue weighted by atomic mass is 9.86. The van der Waals surface area contributed by atoms with E-state index in [9.17, 15) is 38.7 Å². The lowest BCUT2D eigenvalue weighted by Gasteiger charge is -2.31. The second kappa shape index (κ2) is 15.0. The van der Waals surface area contributed by atoms with Crippen molar-refractivity contribution in [1.29, 1.82) is 0 Å². The van der Waals surface area contributed by atoms with Gasteiger partial charge >= 0.3 is 5.97 Å². The number of amides is 5. The first-order chi connectivity index (χ1) is 26.7. The van der Waals surface area contributed by atoms with E-state index in [2.05, 4.69) is 16.0 Å². The van der Waals surface area contributed by atoms with Crippen LogP contribution in [0.25, 0.3) is 22.3 Å². The van der Waals surface area contributed by atoms with Gasteiger partial charge in [0.15, 0.2) is 11.4 Å². The van der Waals surface area contributed by atoms with Crippen LogP contribution in [0.2, 0.25) is 0 Å². The molecule has 0 fully saturated rings. The third-order valence-electron chi connectivity index (χ3n) is 11.0. The number of fused-ring (bicyclic) bond motifs is 5. The average molecular weight is 769 g/mol. The van der Waals surface area contributed by atoms with E-state index < -0.39 is 35.5 Å². The summed E-state index contributed by atoms with van der Waals surface area (Å²) in [5, 5.41) is 20.3. The molecule has 16 heteroatoms. The molecule has 0 saturated heterocycles. The zero-order chi connectivity index (χ0) is 40.1. The van der Waals surface area contributed by atoms with Crippen molar-refractivity contribution in [3.8, 4) is 17.1 Å². The van der Waals surface area contributed by atoms with Gasteiger partial charge in [0, 0.05) is 48.1 Å². The number of anilines is 1. The SMILES string of the molecule is CC[C@@]1(O)C(=O)OCc2c1cc1n(c2=O)Cc2c-1nc1ccc(NC(=O)[C@H](C)NC(=O)[C@@H](NC(=O)CCCCCN3C(=O)C=CC3=O)C(C)C)c3c1c2CCO3. The third-order valence-corrected chi connectivity index (χ3v) is 11.0. The minimum absolute atomic E-state index is 0.0352. The molecule has 0 spiro atoms. The van der Waals surface area contributed by atoms with Gasteiger partial charge in [-0.1, -0.05) is 27.2 Å². The molecule has 6 heterocycles. The number of esters is 1. The van der Waals surface area contributed by atoms with Crippen LogP contribution in [0.15, 0.2) is 35.1 Å². The number of imide groups is 1. The molecule has 16 nitrogen and oxygen atoms in total. The van der Waals surface area contributed by atoms with Crippen LogP contribution in [0.4, 0.5) is 5.69 Å². The minimum Gasteiger partial charge on any atom is -0.490 e. The fourth-order valence-corrected chi connectivity index (χ4v) is 7.79. The van der Waals surface area contributed by atoms with E-state index in [1.165, 1.54) is 19.1 Å². The summed E-state index contributed by atoms with van der Waals surface area (Å²) in [6.07, 6.45) is 4.84. The molecule has 3 aromatic rings. The summed E-state index contributed by atoms with van der Waals surface area (Å²) in [4.78, 5) is 95.3. The third kappa shape index (κ3) is 6.71. The van der Waals surface area contributed by atoms with Crippen LogP contribution in [0.3, 0.4) is 0 Å². The van der Waals surface area contributed by atoms with E-state index in [1.54, 1.807) is 43.5 Å². The first-order valence-corrected chi connectivity index (χ1v) is 19.0. The molecule has 0 bridgehead atoms. The number of benzene rings is 1. The Bertz CT molecular complexity index is 2280. The number of nitrogens with one attached hydrogen (secondary N) is 3. The van der Waals surface area contributed by atoms with Gasteiger partial charge < -0.3 is 35.1 Å². The summed E-state index contributed by atoms with van der Waals surface area (Å²) in [5.41, 5.74) is 1.91. The standard InChI is InChI=1S/C40H44N6O10/c1-5-40(54)25-17-28-34-23(18-46(28)38(52)24(25)19-56-39(40)53)22-14-16-55-35-27(11-10-26(42-34)32(22)35)43-36(50)21(4)41-37(51)33(20(2)3)44-29(47)9-7-6-8-15-45-30(48)12-13-31(45)49/h10-13,17,20-21,33,54H,5-9,14-16,18-19H2,1-4H3,(H,41,51)(H,43,50)(H,44,47)/t21-,33-,40-/m0/s1. The zero-order valence-electron chi connectivity index (χ0n) is 31.7. The van der Waals surface area contributed by atoms with Gasteiger partial charge in [0.2, 0.25) is 17.7 Å². The van der Waals surface area contributed by atoms with E-state index in [0.29, 0.717) is 66.0 Å². The lowest BCUT2D eigenvalue weighted by molar-refractivity contribution is -0.172. The lowest BCUT2D eigenvalue weighted by Crippen LogP contribution is -2.53. The number of aromatic nitrogens is 2. The van der Waals surface area contributed by atoms with E-state index in [1.807, 2.05) is 0 Å². The Kier molecular flexibility index (Phi) is 10.3. The Morgan fingerprint density at radius 3 is 2.41 bits per heavy atom. The molecule has 3 atom stereocenters. The van der Waals surface area contributed by atoms with Crippen molar-refractivity contribution in [3.05, 3.63) is 63.0 Å². The number of carbonyl (C=O) groups is 6. The van der Waals surface area contributed by atoms with Crippen LogP contribution >= 0.6 is 0 Å². The number of hydrogen-bond donors (Lipinski definition) is 4. The molecule has 5 amide bonds. The van der Waals surface area contributed by atoms with Crippen LogP contribution in [-0.2, 0) is 58.7 Å². The molecule has 0 radical (unpaired) electrons. The van der Waals surface area contributed by atoms with Gasteiger partial charge in [-0.25, -0.2) is 9.78 Å². The highest BCUT2D eigenvalue weighted by Gasteiger charge is 2.45. The van der Waals surface area contributed by atoms with Crippen molar-refractivity contribution in [1.82, 2.24) is 25.1 Å². The fraction of sp³-hybridized carbons (Fsp3) is 0.450. The Balaban J connectivity index is 1.02. The number of rotatable bonds is 13. The summed E-state index contributed by atoms with van der Waals surface area (Å²) in [5.74, 6) is -2.69. The largest absolute Gasteiger partial charge is 0.490 e. The van der Waals surface area contributed by atoms with Crippen LogP contribution < -0.4 is 26.2 Å². The molecule has 294 valence electrons. The molecule has 56 heavy (non-hydrogen) atoms. The maximum absolute atomic E-state index is 13.7. The molecule has 4 aliphatic heterocycles. The second-order valence-corrected chi connectivity index (χ2v) is 14.9. The van der Waals surface area contributed by atoms with Crippen molar-refractivity contribution in [2.75, 3.05) is 18.5 Å². The number of unbranched alkanes of at least 4 members (excludes halogenated alkanes) is 2. The molecule has 2 aromatic heterocycles. The number of hydrogen-bond acceptors (Lipinski definition) is 11. The highest BCUT2D eigenvalue weighted by atomic mass is 16.6. The molecule has 1 aromatic carbocycles. The second-order valence-electron chi connectivity index (χ2n) is 14.9. The van der Waals surface area contributed by atoms with E-state index in [0.717, 1.165) is 16.0 Å². The monoisotopic (exact) mass is 768 g/mol. The summed E-state index contributed by atoms with van der Waals surface area (Å²) >= 11 is 0. The molecule has 0 aliphatic carbocycles. The van der Waals surface area contributed by atoms with Crippen molar-refractivity contribution in [2.24, 2.45) is 5.92 Å². The molecule has 4 N–H and O–H groups in total. The zero-order valence-corrected chi connectivity index (χ0v) is 31.7. The first kappa shape index (κ1) is 38.4. The quantitative estimate of drug-likeness (QED) is 0.0878. The van der Waals surface area contributed by atoms with Gasteiger partial charge in [0.05, 0.1) is 41.3 Å². The van der Waals surface area contributed by atoms with Gasteiger partial charge in [0.25, 0.3) is 17.4 Å². The van der Waals surface area contributed by atoms with Crippen LogP contribution in [0.1, 0.15) is 82.1 Å². The predicted octanol–water partition coefficient (Wildman–Crippen LogP) is 2.08. The summed E-state index contributed by atoms with van der Waals surface area (Å²) in [6, 6.07) is 3.19. The number of cyclic esters (lactones) is 1.